The van der Waals surface area contributed by atoms with Crippen LogP contribution >= 0.6 is 0 Å². The lowest BCUT2D eigenvalue weighted by atomic mass is 9.92. The highest BCUT2D eigenvalue weighted by atomic mass is 32.2. The molecular weight excluding hydrogens is 469 g/mol. The SMILES string of the molecule is CC(NS(C)(=O)=O)c1ccc(C(C)C(=O)NCc2cc(C(C)(C)C)nn2-c2ccccn2)cc1F. The summed E-state index contributed by atoms with van der Waals surface area (Å²) in [5, 5.41) is 7.62. The number of pyridine rings is 1. The van der Waals surface area contributed by atoms with Gasteiger partial charge in [-0.05, 0) is 43.7 Å². The number of nitrogens with zero attached hydrogens (tertiary/aromatic N) is 3. The molecule has 3 rings (SSSR count). The van der Waals surface area contributed by atoms with E-state index < -0.39 is 27.8 Å². The molecular formula is C25H32FN5O3S. The standard InChI is InChI=1S/C25H32FN5O3S/c1-16(18-10-11-20(21(26)13-18)17(2)30-35(6,33)34)24(32)28-15-19-14-22(25(3,4)5)29-31(19)23-9-7-8-12-27-23/h7-14,16-17,30H,15H2,1-6H3,(H,28,32). The predicted molar refractivity (Wildman–Crippen MR) is 133 cm³/mol. The first kappa shape index (κ1) is 26.5. The first-order valence-electron chi connectivity index (χ1n) is 11.3. The lowest BCUT2D eigenvalue weighted by Gasteiger charge is -2.17. The van der Waals surface area contributed by atoms with Gasteiger partial charge in [0.1, 0.15) is 5.82 Å². The zero-order valence-electron chi connectivity index (χ0n) is 20.8. The molecule has 2 unspecified atom stereocenters. The van der Waals surface area contributed by atoms with Gasteiger partial charge in [-0.25, -0.2) is 27.2 Å². The number of hydrogen-bond acceptors (Lipinski definition) is 5. The zero-order valence-corrected chi connectivity index (χ0v) is 21.6. The minimum Gasteiger partial charge on any atom is -0.350 e. The number of sulfonamides is 1. The highest BCUT2D eigenvalue weighted by molar-refractivity contribution is 7.88. The number of carbonyl (C=O) groups is 1. The molecule has 8 nitrogen and oxygen atoms in total. The smallest absolute Gasteiger partial charge is 0.227 e. The van der Waals surface area contributed by atoms with Crippen LogP contribution in [-0.4, -0.2) is 35.3 Å². The molecule has 35 heavy (non-hydrogen) atoms. The summed E-state index contributed by atoms with van der Waals surface area (Å²) >= 11 is 0. The van der Waals surface area contributed by atoms with E-state index in [-0.39, 0.29) is 23.4 Å². The van der Waals surface area contributed by atoms with E-state index in [0.29, 0.717) is 11.4 Å². The summed E-state index contributed by atoms with van der Waals surface area (Å²) in [5.74, 6) is -0.820. The normalized spacial score (nSPS) is 13.9. The summed E-state index contributed by atoms with van der Waals surface area (Å²) in [5.41, 5.74) is 2.16. The van der Waals surface area contributed by atoms with Crippen molar-refractivity contribution in [1.82, 2.24) is 24.8 Å². The van der Waals surface area contributed by atoms with E-state index in [1.165, 1.54) is 12.1 Å². The van der Waals surface area contributed by atoms with Crippen LogP contribution in [0.25, 0.3) is 5.82 Å². The molecule has 0 saturated heterocycles. The van der Waals surface area contributed by atoms with E-state index in [9.17, 15) is 17.6 Å². The van der Waals surface area contributed by atoms with Crippen LogP contribution in [0, 0.1) is 5.82 Å². The second kappa shape index (κ2) is 10.2. The topological polar surface area (TPSA) is 106 Å². The number of carbonyl (C=O) groups excluding carboxylic acids is 1. The number of benzene rings is 1. The summed E-state index contributed by atoms with van der Waals surface area (Å²) in [6.45, 7) is 9.66. The van der Waals surface area contributed by atoms with Crippen LogP contribution in [0.2, 0.25) is 0 Å². The summed E-state index contributed by atoms with van der Waals surface area (Å²) in [7, 11) is -3.49. The molecule has 188 valence electrons. The van der Waals surface area contributed by atoms with E-state index >= 15 is 0 Å². The van der Waals surface area contributed by atoms with Crippen molar-refractivity contribution in [2.24, 2.45) is 0 Å². The van der Waals surface area contributed by atoms with Crippen molar-refractivity contribution in [3.8, 4) is 5.82 Å². The molecule has 0 spiro atoms. The van der Waals surface area contributed by atoms with Crippen LogP contribution in [0.15, 0.2) is 48.7 Å². The maximum atomic E-state index is 14.7. The number of nitrogens with one attached hydrogen (secondary N) is 2. The fraction of sp³-hybridized carbons (Fsp3) is 0.400. The molecule has 2 aromatic heterocycles. The molecule has 1 aromatic carbocycles. The second-order valence-corrected chi connectivity index (χ2v) is 11.5. The van der Waals surface area contributed by atoms with Gasteiger partial charge in [-0.15, -0.1) is 0 Å². The van der Waals surface area contributed by atoms with Crippen molar-refractivity contribution < 1.29 is 17.6 Å². The molecule has 0 saturated carbocycles. The van der Waals surface area contributed by atoms with Crippen LogP contribution in [0.5, 0.6) is 0 Å². The molecule has 2 N–H and O–H groups in total. The largest absolute Gasteiger partial charge is 0.350 e. The zero-order chi connectivity index (χ0) is 26.0. The lowest BCUT2D eigenvalue weighted by molar-refractivity contribution is -0.122. The average Bonchev–Trinajstić information content (AvgIpc) is 3.21. The Morgan fingerprint density at radius 1 is 1.14 bits per heavy atom. The molecule has 1 amide bonds. The number of rotatable bonds is 8. The van der Waals surface area contributed by atoms with Crippen LogP contribution in [0.3, 0.4) is 0 Å². The van der Waals surface area contributed by atoms with Crippen molar-refractivity contribution in [3.63, 3.8) is 0 Å². The van der Waals surface area contributed by atoms with Crippen molar-refractivity contribution in [1.29, 1.82) is 0 Å². The first-order chi connectivity index (χ1) is 16.3. The van der Waals surface area contributed by atoms with Gasteiger partial charge in [0.2, 0.25) is 15.9 Å². The fourth-order valence-electron chi connectivity index (χ4n) is 3.62. The van der Waals surface area contributed by atoms with Gasteiger partial charge in [-0.2, -0.15) is 5.10 Å². The Balaban J connectivity index is 1.76. The maximum Gasteiger partial charge on any atom is 0.227 e. The molecule has 0 radical (unpaired) electrons. The Kier molecular flexibility index (Phi) is 7.76. The lowest BCUT2D eigenvalue weighted by Crippen LogP contribution is -2.29. The first-order valence-corrected chi connectivity index (χ1v) is 13.2. The third-order valence-electron chi connectivity index (χ3n) is 5.64. The minimum absolute atomic E-state index is 0.186. The van der Waals surface area contributed by atoms with Crippen molar-refractivity contribution in [3.05, 3.63) is 77.0 Å². The van der Waals surface area contributed by atoms with Gasteiger partial charge in [0.05, 0.1) is 30.1 Å². The van der Waals surface area contributed by atoms with Crippen molar-refractivity contribution in [2.45, 2.75) is 58.5 Å². The van der Waals surface area contributed by atoms with Gasteiger partial charge in [0.25, 0.3) is 0 Å². The summed E-state index contributed by atoms with van der Waals surface area (Å²) in [6.07, 6.45) is 2.70. The van der Waals surface area contributed by atoms with Crippen molar-refractivity contribution >= 4 is 15.9 Å². The molecule has 0 aliphatic rings. The molecule has 0 bridgehead atoms. The Labute approximate surface area is 206 Å². The molecule has 2 atom stereocenters. The monoisotopic (exact) mass is 501 g/mol. The summed E-state index contributed by atoms with van der Waals surface area (Å²) in [4.78, 5) is 17.3. The van der Waals surface area contributed by atoms with E-state index in [0.717, 1.165) is 17.6 Å². The number of amides is 1. The molecule has 3 aromatic rings. The van der Waals surface area contributed by atoms with Crippen LogP contribution in [0.1, 0.15) is 69.1 Å². The van der Waals surface area contributed by atoms with E-state index in [2.05, 4.69) is 35.8 Å². The highest BCUT2D eigenvalue weighted by Crippen LogP contribution is 2.25. The molecule has 0 aliphatic heterocycles. The van der Waals surface area contributed by atoms with E-state index in [1.807, 2.05) is 24.3 Å². The maximum absolute atomic E-state index is 14.7. The summed E-state index contributed by atoms with van der Waals surface area (Å²) < 4.78 is 41.7. The van der Waals surface area contributed by atoms with Crippen LogP contribution in [0.4, 0.5) is 4.39 Å². The van der Waals surface area contributed by atoms with Gasteiger partial charge in [-0.3, -0.25) is 4.79 Å². The third kappa shape index (κ3) is 6.73. The number of aromatic nitrogens is 3. The second-order valence-electron chi connectivity index (χ2n) is 9.70. The molecule has 0 aliphatic carbocycles. The molecule has 0 fully saturated rings. The Hall–Kier alpha value is -3.11. The van der Waals surface area contributed by atoms with Gasteiger partial charge in [-0.1, -0.05) is 39.0 Å². The van der Waals surface area contributed by atoms with E-state index in [1.54, 1.807) is 30.8 Å². The minimum atomic E-state index is -3.49. The predicted octanol–water partition coefficient (Wildman–Crippen LogP) is 3.73. The summed E-state index contributed by atoms with van der Waals surface area (Å²) in [6, 6.07) is 11.2. The quantitative estimate of drug-likeness (QED) is 0.489. The third-order valence-corrected chi connectivity index (χ3v) is 6.42. The fourth-order valence-corrected chi connectivity index (χ4v) is 4.39. The molecule has 2 heterocycles. The van der Waals surface area contributed by atoms with Gasteiger partial charge in [0.15, 0.2) is 5.82 Å². The van der Waals surface area contributed by atoms with Gasteiger partial charge >= 0.3 is 0 Å². The number of halogens is 1. The molecule has 10 heteroatoms. The number of hydrogen-bond donors (Lipinski definition) is 2. The highest BCUT2D eigenvalue weighted by Gasteiger charge is 2.23. The Morgan fingerprint density at radius 2 is 1.86 bits per heavy atom. The van der Waals surface area contributed by atoms with Crippen molar-refractivity contribution in [2.75, 3.05) is 6.26 Å². The Bertz CT molecular complexity index is 1300. The average molecular weight is 502 g/mol. The Morgan fingerprint density at radius 3 is 2.43 bits per heavy atom. The van der Waals surface area contributed by atoms with Crippen LogP contribution < -0.4 is 10.0 Å². The van der Waals surface area contributed by atoms with Gasteiger partial charge < -0.3 is 5.32 Å². The van der Waals surface area contributed by atoms with Crippen LogP contribution in [-0.2, 0) is 26.8 Å². The van der Waals surface area contributed by atoms with Gasteiger partial charge in [0, 0.05) is 23.2 Å². The van der Waals surface area contributed by atoms with E-state index in [4.69, 9.17) is 5.10 Å².